The number of carbonyl (C=O) groups is 2. The van der Waals surface area contributed by atoms with Crippen LogP contribution in [0.3, 0.4) is 0 Å². The first-order chi connectivity index (χ1) is 12.0. The Hall–Kier alpha value is -2.69. The van der Waals surface area contributed by atoms with Crippen molar-refractivity contribution in [2.45, 2.75) is 32.9 Å². The fourth-order valence-corrected chi connectivity index (χ4v) is 2.57. The number of halogens is 1. The molecular formula is C20H23FN2O2. The Balaban J connectivity index is 1.91. The lowest BCUT2D eigenvalue weighted by Crippen LogP contribution is -2.47. The van der Waals surface area contributed by atoms with Gasteiger partial charge in [-0.05, 0) is 36.6 Å². The summed E-state index contributed by atoms with van der Waals surface area (Å²) in [6.07, 6.45) is 0.733. The molecule has 2 aromatic carbocycles. The second-order valence-electron chi connectivity index (χ2n) is 5.98. The maximum absolute atomic E-state index is 13.0. The van der Waals surface area contributed by atoms with Crippen molar-refractivity contribution in [1.82, 2.24) is 10.2 Å². The van der Waals surface area contributed by atoms with E-state index in [1.165, 1.54) is 24.0 Å². The molecule has 0 radical (unpaired) electrons. The van der Waals surface area contributed by atoms with Crippen molar-refractivity contribution >= 4 is 11.8 Å². The van der Waals surface area contributed by atoms with Crippen molar-refractivity contribution in [1.29, 1.82) is 0 Å². The fraction of sp³-hybridized carbons (Fsp3) is 0.300. The topological polar surface area (TPSA) is 49.4 Å². The molecule has 4 nitrogen and oxygen atoms in total. The number of hydrogen-bond acceptors (Lipinski definition) is 2. The van der Waals surface area contributed by atoms with E-state index in [2.05, 4.69) is 5.32 Å². The Morgan fingerprint density at radius 3 is 2.28 bits per heavy atom. The van der Waals surface area contributed by atoms with Crippen molar-refractivity contribution in [3.05, 3.63) is 71.5 Å². The zero-order valence-corrected chi connectivity index (χ0v) is 14.5. The standard InChI is InChI=1S/C20H23FN2O2/c1-15(20(25)22-13-12-17-6-4-3-5-7-17)23(16(2)24)14-18-8-10-19(21)11-9-18/h3-11,15H,12-14H2,1-2H3,(H,22,25)/t15-/m1/s1. The number of nitrogens with zero attached hydrogens (tertiary/aromatic N) is 1. The molecule has 5 heteroatoms. The molecule has 2 aromatic rings. The molecule has 0 saturated heterocycles. The Morgan fingerprint density at radius 1 is 1.04 bits per heavy atom. The molecule has 0 bridgehead atoms. The maximum Gasteiger partial charge on any atom is 0.242 e. The molecule has 2 rings (SSSR count). The van der Waals surface area contributed by atoms with Gasteiger partial charge in [-0.2, -0.15) is 0 Å². The van der Waals surface area contributed by atoms with Gasteiger partial charge in [0.1, 0.15) is 11.9 Å². The van der Waals surface area contributed by atoms with E-state index in [9.17, 15) is 14.0 Å². The highest BCUT2D eigenvalue weighted by atomic mass is 19.1. The van der Waals surface area contributed by atoms with Gasteiger partial charge in [-0.3, -0.25) is 9.59 Å². The fourth-order valence-electron chi connectivity index (χ4n) is 2.57. The third-order valence-electron chi connectivity index (χ3n) is 4.07. The van der Waals surface area contributed by atoms with E-state index < -0.39 is 6.04 Å². The van der Waals surface area contributed by atoms with E-state index in [-0.39, 0.29) is 24.2 Å². The number of nitrogens with one attached hydrogen (secondary N) is 1. The van der Waals surface area contributed by atoms with Gasteiger partial charge in [-0.25, -0.2) is 4.39 Å². The van der Waals surface area contributed by atoms with Gasteiger partial charge in [0.25, 0.3) is 0 Å². The van der Waals surface area contributed by atoms with Crippen LogP contribution in [0.1, 0.15) is 25.0 Å². The maximum atomic E-state index is 13.0. The molecule has 132 valence electrons. The van der Waals surface area contributed by atoms with Crippen LogP contribution in [0.15, 0.2) is 54.6 Å². The molecule has 0 saturated carbocycles. The number of benzene rings is 2. The van der Waals surface area contributed by atoms with E-state index in [1.54, 1.807) is 19.1 Å². The number of carbonyl (C=O) groups excluding carboxylic acids is 2. The van der Waals surface area contributed by atoms with Crippen LogP contribution >= 0.6 is 0 Å². The first-order valence-electron chi connectivity index (χ1n) is 8.30. The molecule has 0 spiro atoms. The van der Waals surface area contributed by atoms with Gasteiger partial charge in [0, 0.05) is 20.0 Å². The second kappa shape index (κ2) is 8.97. The van der Waals surface area contributed by atoms with Gasteiger partial charge < -0.3 is 10.2 Å². The zero-order chi connectivity index (χ0) is 18.2. The van der Waals surface area contributed by atoms with Gasteiger partial charge >= 0.3 is 0 Å². The summed E-state index contributed by atoms with van der Waals surface area (Å²) in [5.74, 6) is -0.729. The van der Waals surface area contributed by atoms with Gasteiger partial charge in [0.05, 0.1) is 0 Å². The number of rotatable bonds is 7. The average molecular weight is 342 g/mol. The lowest BCUT2D eigenvalue weighted by atomic mass is 10.1. The van der Waals surface area contributed by atoms with Crippen molar-refractivity contribution in [2.75, 3.05) is 6.54 Å². The molecule has 0 aliphatic heterocycles. The highest BCUT2D eigenvalue weighted by molar-refractivity contribution is 5.86. The van der Waals surface area contributed by atoms with E-state index in [0.29, 0.717) is 6.54 Å². The highest BCUT2D eigenvalue weighted by Crippen LogP contribution is 2.10. The summed E-state index contributed by atoms with van der Waals surface area (Å²) in [4.78, 5) is 25.8. The number of amides is 2. The predicted octanol–water partition coefficient (Wildman–Crippen LogP) is 2.92. The van der Waals surface area contributed by atoms with Crippen molar-refractivity contribution in [3.63, 3.8) is 0 Å². The smallest absolute Gasteiger partial charge is 0.242 e. The summed E-state index contributed by atoms with van der Waals surface area (Å²) in [6.45, 7) is 3.90. The summed E-state index contributed by atoms with van der Waals surface area (Å²) >= 11 is 0. The van der Waals surface area contributed by atoms with Gasteiger partial charge in [-0.15, -0.1) is 0 Å². The van der Waals surface area contributed by atoms with Crippen LogP contribution in [-0.4, -0.2) is 29.3 Å². The molecule has 1 N–H and O–H groups in total. The van der Waals surface area contributed by atoms with E-state index in [1.807, 2.05) is 30.3 Å². The minimum Gasteiger partial charge on any atom is -0.354 e. The average Bonchev–Trinajstić information content (AvgIpc) is 2.61. The molecule has 2 amide bonds. The predicted molar refractivity (Wildman–Crippen MR) is 95.2 cm³/mol. The molecular weight excluding hydrogens is 319 g/mol. The van der Waals surface area contributed by atoms with Crippen LogP contribution < -0.4 is 5.32 Å². The van der Waals surface area contributed by atoms with E-state index >= 15 is 0 Å². The van der Waals surface area contributed by atoms with Crippen LogP contribution in [-0.2, 0) is 22.6 Å². The van der Waals surface area contributed by atoms with E-state index in [0.717, 1.165) is 17.5 Å². The summed E-state index contributed by atoms with van der Waals surface area (Å²) in [7, 11) is 0. The third kappa shape index (κ3) is 5.71. The molecule has 0 aliphatic carbocycles. The molecule has 1 atom stereocenters. The minimum absolute atomic E-state index is 0.199. The summed E-state index contributed by atoms with van der Waals surface area (Å²) in [5.41, 5.74) is 1.92. The Bertz CT molecular complexity index is 701. The van der Waals surface area contributed by atoms with Crippen molar-refractivity contribution in [2.24, 2.45) is 0 Å². The molecule has 0 aliphatic rings. The van der Waals surface area contributed by atoms with Gasteiger partial charge in [0.15, 0.2) is 0 Å². The lowest BCUT2D eigenvalue weighted by Gasteiger charge is -2.27. The highest BCUT2D eigenvalue weighted by Gasteiger charge is 2.23. The van der Waals surface area contributed by atoms with Crippen molar-refractivity contribution in [3.8, 4) is 0 Å². The van der Waals surface area contributed by atoms with Crippen LogP contribution in [0.25, 0.3) is 0 Å². The van der Waals surface area contributed by atoms with Crippen LogP contribution in [0, 0.1) is 5.82 Å². The first kappa shape index (κ1) is 18.6. The van der Waals surface area contributed by atoms with Crippen molar-refractivity contribution < 1.29 is 14.0 Å². The van der Waals surface area contributed by atoms with Gasteiger partial charge in [0.2, 0.25) is 11.8 Å². The molecule has 0 aromatic heterocycles. The van der Waals surface area contributed by atoms with Crippen LogP contribution in [0.2, 0.25) is 0 Å². The molecule has 25 heavy (non-hydrogen) atoms. The second-order valence-corrected chi connectivity index (χ2v) is 5.98. The lowest BCUT2D eigenvalue weighted by molar-refractivity contribution is -0.138. The molecule has 0 unspecified atom stereocenters. The normalized spacial score (nSPS) is 11.6. The Kier molecular flexibility index (Phi) is 6.69. The van der Waals surface area contributed by atoms with Crippen LogP contribution in [0.4, 0.5) is 4.39 Å². The third-order valence-corrected chi connectivity index (χ3v) is 4.07. The van der Waals surface area contributed by atoms with Crippen LogP contribution in [0.5, 0.6) is 0 Å². The first-order valence-corrected chi connectivity index (χ1v) is 8.30. The summed E-state index contributed by atoms with van der Waals surface area (Å²) in [6, 6.07) is 15.2. The molecule has 0 heterocycles. The van der Waals surface area contributed by atoms with E-state index in [4.69, 9.17) is 0 Å². The summed E-state index contributed by atoms with van der Waals surface area (Å²) in [5, 5.41) is 2.87. The Morgan fingerprint density at radius 2 is 1.68 bits per heavy atom. The number of hydrogen-bond donors (Lipinski definition) is 1. The van der Waals surface area contributed by atoms with Gasteiger partial charge in [-0.1, -0.05) is 42.5 Å². The SMILES string of the molecule is CC(=O)N(Cc1ccc(F)cc1)[C@H](C)C(=O)NCCc1ccccc1. The monoisotopic (exact) mass is 342 g/mol. The Labute approximate surface area is 147 Å². The minimum atomic E-state index is -0.599. The zero-order valence-electron chi connectivity index (χ0n) is 14.5. The quantitative estimate of drug-likeness (QED) is 0.841. The molecule has 0 fully saturated rings. The summed E-state index contributed by atoms with van der Waals surface area (Å²) < 4.78 is 13.0. The largest absolute Gasteiger partial charge is 0.354 e.